The largest absolute Gasteiger partial charge is 0.392 e. The Morgan fingerprint density at radius 2 is 2.27 bits per heavy atom. The number of carbonyl (C=O) groups is 1. The van der Waals surface area contributed by atoms with Crippen LogP contribution in [0, 0.1) is 0 Å². The molecule has 2 heteroatoms. The van der Waals surface area contributed by atoms with Crippen molar-refractivity contribution in [3.8, 4) is 0 Å². The lowest BCUT2D eigenvalue weighted by atomic mass is 10.1. The summed E-state index contributed by atoms with van der Waals surface area (Å²) in [5.74, 6) is 0.0892. The maximum atomic E-state index is 11.2. The van der Waals surface area contributed by atoms with Crippen molar-refractivity contribution in [3.05, 3.63) is 36.0 Å². The fourth-order valence-corrected chi connectivity index (χ4v) is 1.48. The van der Waals surface area contributed by atoms with E-state index in [0.29, 0.717) is 12.8 Å². The summed E-state index contributed by atoms with van der Waals surface area (Å²) in [7, 11) is 0. The van der Waals surface area contributed by atoms with E-state index in [-0.39, 0.29) is 11.9 Å². The number of rotatable bonds is 5. The summed E-state index contributed by atoms with van der Waals surface area (Å²) >= 11 is 0. The minimum Gasteiger partial charge on any atom is -0.392 e. The summed E-state index contributed by atoms with van der Waals surface area (Å²) in [6, 6.07) is 0. The predicted molar refractivity (Wildman–Crippen MR) is 61.5 cm³/mol. The Morgan fingerprint density at radius 1 is 1.47 bits per heavy atom. The van der Waals surface area contributed by atoms with Crippen LogP contribution in [0.1, 0.15) is 32.6 Å². The maximum absolute atomic E-state index is 11.2. The highest BCUT2D eigenvalue weighted by Gasteiger charge is 2.10. The van der Waals surface area contributed by atoms with Gasteiger partial charge in [-0.25, -0.2) is 0 Å². The molecular formula is C13H18O2. The Balaban J connectivity index is 2.30. The van der Waals surface area contributed by atoms with E-state index in [1.807, 2.05) is 24.3 Å². The van der Waals surface area contributed by atoms with Crippen LogP contribution >= 0.6 is 0 Å². The van der Waals surface area contributed by atoms with E-state index in [2.05, 4.69) is 6.92 Å². The van der Waals surface area contributed by atoms with Crippen LogP contribution in [-0.4, -0.2) is 17.0 Å². The quantitative estimate of drug-likeness (QED) is 0.554. The van der Waals surface area contributed by atoms with Crippen molar-refractivity contribution in [2.45, 2.75) is 38.7 Å². The fourth-order valence-electron chi connectivity index (χ4n) is 1.48. The Bertz CT molecular complexity index is 298. The van der Waals surface area contributed by atoms with Gasteiger partial charge in [-0.3, -0.25) is 4.79 Å². The van der Waals surface area contributed by atoms with E-state index >= 15 is 0 Å². The Morgan fingerprint density at radius 3 is 2.87 bits per heavy atom. The molecule has 0 spiro atoms. The molecule has 0 saturated heterocycles. The number of aliphatic hydroxyl groups excluding tert-OH is 1. The van der Waals surface area contributed by atoms with Crippen molar-refractivity contribution in [2.24, 2.45) is 0 Å². The lowest BCUT2D eigenvalue weighted by Gasteiger charge is -2.04. The molecule has 0 fully saturated rings. The second kappa shape index (κ2) is 6.36. The molecule has 1 N–H and O–H groups in total. The van der Waals surface area contributed by atoms with Gasteiger partial charge in [0.05, 0.1) is 6.10 Å². The summed E-state index contributed by atoms with van der Waals surface area (Å²) < 4.78 is 0. The number of ketones is 1. The maximum Gasteiger partial charge on any atom is 0.181 e. The minimum atomic E-state index is -0.367. The van der Waals surface area contributed by atoms with Gasteiger partial charge in [-0.05, 0) is 37.3 Å². The smallest absolute Gasteiger partial charge is 0.181 e. The van der Waals surface area contributed by atoms with E-state index in [9.17, 15) is 9.90 Å². The normalized spacial score (nSPS) is 20.7. The zero-order valence-electron chi connectivity index (χ0n) is 9.15. The van der Waals surface area contributed by atoms with Gasteiger partial charge < -0.3 is 5.11 Å². The van der Waals surface area contributed by atoms with Gasteiger partial charge in [0.25, 0.3) is 0 Å². The Kier molecular flexibility index (Phi) is 5.05. The van der Waals surface area contributed by atoms with Gasteiger partial charge in [-0.1, -0.05) is 31.2 Å². The number of aliphatic hydroxyl groups is 1. The van der Waals surface area contributed by atoms with Crippen LogP contribution < -0.4 is 0 Å². The van der Waals surface area contributed by atoms with Gasteiger partial charge in [0, 0.05) is 0 Å². The average molecular weight is 206 g/mol. The molecule has 0 aromatic carbocycles. The third kappa shape index (κ3) is 4.26. The highest BCUT2D eigenvalue weighted by atomic mass is 16.3. The molecular weight excluding hydrogens is 188 g/mol. The standard InChI is InChI=1S/C13H18O2/c1-2-3-4-7-12(14)10-9-11-6-5-8-13(11)15/h3-5,8-9,12,14H,2,6-7,10H2,1H3. The van der Waals surface area contributed by atoms with Crippen molar-refractivity contribution in [1.29, 1.82) is 0 Å². The summed E-state index contributed by atoms with van der Waals surface area (Å²) in [6.07, 6.45) is 11.9. The zero-order chi connectivity index (χ0) is 11.1. The first-order chi connectivity index (χ1) is 7.24. The molecule has 0 saturated carbocycles. The highest BCUT2D eigenvalue weighted by Crippen LogP contribution is 2.14. The average Bonchev–Trinajstić information content (AvgIpc) is 2.61. The van der Waals surface area contributed by atoms with Crippen molar-refractivity contribution >= 4 is 5.78 Å². The topological polar surface area (TPSA) is 37.3 Å². The van der Waals surface area contributed by atoms with E-state index < -0.39 is 0 Å². The van der Waals surface area contributed by atoms with Gasteiger partial charge in [-0.2, -0.15) is 0 Å². The van der Waals surface area contributed by atoms with E-state index in [1.54, 1.807) is 6.08 Å². The van der Waals surface area contributed by atoms with Crippen LogP contribution in [0.2, 0.25) is 0 Å². The monoisotopic (exact) mass is 206 g/mol. The molecule has 82 valence electrons. The van der Waals surface area contributed by atoms with Gasteiger partial charge in [0.1, 0.15) is 0 Å². The summed E-state index contributed by atoms with van der Waals surface area (Å²) in [5.41, 5.74) is 0.813. The van der Waals surface area contributed by atoms with Crippen LogP contribution in [0.4, 0.5) is 0 Å². The van der Waals surface area contributed by atoms with Gasteiger partial charge in [0.2, 0.25) is 0 Å². The van der Waals surface area contributed by atoms with Gasteiger partial charge in [0.15, 0.2) is 5.78 Å². The summed E-state index contributed by atoms with van der Waals surface area (Å²) in [5, 5.41) is 9.59. The highest BCUT2D eigenvalue weighted by molar-refractivity contribution is 6.06. The van der Waals surface area contributed by atoms with Crippen LogP contribution in [0.5, 0.6) is 0 Å². The molecule has 1 unspecified atom stereocenters. The first-order valence-electron chi connectivity index (χ1n) is 5.47. The van der Waals surface area contributed by atoms with Crippen LogP contribution in [0.3, 0.4) is 0 Å². The SMILES string of the molecule is CCC=CCC(O)CC=C1CC=CC1=O. The van der Waals surface area contributed by atoms with Crippen LogP contribution in [0.25, 0.3) is 0 Å². The predicted octanol–water partition coefficient (Wildman–Crippen LogP) is 2.55. The summed E-state index contributed by atoms with van der Waals surface area (Å²) in [4.78, 5) is 11.2. The lowest BCUT2D eigenvalue weighted by molar-refractivity contribution is -0.111. The van der Waals surface area contributed by atoms with Crippen molar-refractivity contribution in [1.82, 2.24) is 0 Å². The number of hydrogen-bond acceptors (Lipinski definition) is 2. The molecule has 0 heterocycles. The van der Waals surface area contributed by atoms with Gasteiger partial charge in [-0.15, -0.1) is 0 Å². The molecule has 1 aliphatic carbocycles. The first-order valence-corrected chi connectivity index (χ1v) is 5.47. The molecule has 2 nitrogen and oxygen atoms in total. The second-order valence-corrected chi connectivity index (χ2v) is 3.70. The Labute approximate surface area is 91.0 Å². The molecule has 0 radical (unpaired) electrons. The molecule has 1 aliphatic rings. The molecule has 0 aliphatic heterocycles. The number of carbonyl (C=O) groups excluding carboxylic acids is 1. The van der Waals surface area contributed by atoms with Crippen molar-refractivity contribution in [2.75, 3.05) is 0 Å². The molecule has 0 amide bonds. The first kappa shape index (κ1) is 11.9. The Hall–Kier alpha value is -1.15. The second-order valence-electron chi connectivity index (χ2n) is 3.70. The molecule has 0 aromatic rings. The van der Waals surface area contributed by atoms with Gasteiger partial charge >= 0.3 is 0 Å². The summed E-state index contributed by atoms with van der Waals surface area (Å²) in [6.45, 7) is 2.06. The zero-order valence-corrected chi connectivity index (χ0v) is 9.15. The third-order valence-corrected chi connectivity index (χ3v) is 2.37. The number of hydrogen-bond donors (Lipinski definition) is 1. The molecule has 0 aromatic heterocycles. The van der Waals surface area contributed by atoms with Crippen molar-refractivity contribution < 1.29 is 9.90 Å². The molecule has 0 bridgehead atoms. The van der Waals surface area contributed by atoms with Crippen LogP contribution in [0.15, 0.2) is 36.0 Å². The molecule has 1 rings (SSSR count). The van der Waals surface area contributed by atoms with Crippen LogP contribution in [-0.2, 0) is 4.79 Å². The molecule has 15 heavy (non-hydrogen) atoms. The third-order valence-electron chi connectivity index (χ3n) is 2.37. The molecule has 1 atom stereocenters. The van der Waals surface area contributed by atoms with E-state index in [4.69, 9.17) is 0 Å². The van der Waals surface area contributed by atoms with Crippen molar-refractivity contribution in [3.63, 3.8) is 0 Å². The number of allylic oxidation sites excluding steroid dienone is 4. The fraction of sp³-hybridized carbons (Fsp3) is 0.462. The minimum absolute atomic E-state index is 0.0892. The lowest BCUT2D eigenvalue weighted by Crippen LogP contribution is -2.04. The van der Waals surface area contributed by atoms with E-state index in [1.165, 1.54) is 0 Å². The van der Waals surface area contributed by atoms with E-state index in [0.717, 1.165) is 18.4 Å².